The van der Waals surface area contributed by atoms with E-state index in [0.717, 1.165) is 6.42 Å². The third-order valence-electron chi connectivity index (χ3n) is 2.23. The second-order valence-electron chi connectivity index (χ2n) is 3.90. The van der Waals surface area contributed by atoms with Crippen molar-refractivity contribution in [1.82, 2.24) is 16.0 Å². The zero-order chi connectivity index (χ0) is 14.7. The Morgan fingerprint density at radius 1 is 1.16 bits per heavy atom. The highest BCUT2D eigenvalue weighted by Crippen LogP contribution is 1.91. The molecule has 0 aliphatic carbocycles. The minimum atomic E-state index is -1.22. The Kier molecular flexibility index (Phi) is 9.15. The van der Waals surface area contributed by atoms with Gasteiger partial charge in [-0.1, -0.05) is 6.92 Å². The fraction of sp³-hybridized carbons (Fsp3) is 0.727. The highest BCUT2D eigenvalue weighted by molar-refractivity contribution is 5.83. The molecule has 1 atom stereocenters. The van der Waals surface area contributed by atoms with Crippen molar-refractivity contribution in [2.45, 2.75) is 32.2 Å². The number of amides is 3. The number of carbonyl (C=O) groups is 3. The van der Waals surface area contributed by atoms with Crippen LogP contribution in [0.5, 0.6) is 0 Å². The summed E-state index contributed by atoms with van der Waals surface area (Å²) in [6, 6.07) is -1.82. The van der Waals surface area contributed by atoms with Crippen molar-refractivity contribution in [3.05, 3.63) is 0 Å². The lowest BCUT2D eigenvalue weighted by atomic mass is 10.2. The summed E-state index contributed by atoms with van der Waals surface area (Å²) in [7, 11) is 0. The number of carboxylic acid groups (broad SMARTS) is 1. The lowest BCUT2D eigenvalue weighted by Crippen LogP contribution is -2.47. The van der Waals surface area contributed by atoms with E-state index in [1.54, 1.807) is 0 Å². The molecule has 0 saturated heterocycles. The molecule has 0 radical (unpaired) electrons. The molecule has 0 heterocycles. The first kappa shape index (κ1) is 17.2. The van der Waals surface area contributed by atoms with E-state index in [9.17, 15) is 14.4 Å². The molecule has 8 heteroatoms. The second-order valence-corrected chi connectivity index (χ2v) is 3.90. The van der Waals surface area contributed by atoms with Crippen LogP contribution in [0, 0.1) is 0 Å². The van der Waals surface area contributed by atoms with Crippen LogP contribution in [-0.2, 0) is 9.59 Å². The highest BCUT2D eigenvalue weighted by atomic mass is 16.4. The quantitative estimate of drug-likeness (QED) is 0.370. The summed E-state index contributed by atoms with van der Waals surface area (Å²) in [6.45, 7) is 2.30. The fourth-order valence-corrected chi connectivity index (χ4v) is 1.24. The molecule has 3 amide bonds. The molecule has 0 bridgehead atoms. The number of aliphatic carboxylic acids is 1. The molecule has 5 N–H and O–H groups in total. The smallest absolute Gasteiger partial charge is 0.326 e. The monoisotopic (exact) mass is 275 g/mol. The molecule has 0 aliphatic rings. The van der Waals surface area contributed by atoms with E-state index in [0.29, 0.717) is 6.54 Å². The average molecular weight is 275 g/mol. The molecular weight excluding hydrogens is 254 g/mol. The number of nitrogens with one attached hydrogen (secondary N) is 3. The molecule has 0 fully saturated rings. The Hall–Kier alpha value is -1.83. The largest absolute Gasteiger partial charge is 0.480 e. The van der Waals surface area contributed by atoms with E-state index in [-0.39, 0.29) is 31.9 Å². The predicted octanol–water partition coefficient (Wildman–Crippen LogP) is -0.962. The van der Waals surface area contributed by atoms with Crippen molar-refractivity contribution in [2.75, 3.05) is 19.7 Å². The first-order valence-electron chi connectivity index (χ1n) is 6.16. The van der Waals surface area contributed by atoms with Crippen molar-refractivity contribution in [3.8, 4) is 0 Å². The Balaban J connectivity index is 3.85. The van der Waals surface area contributed by atoms with E-state index in [1.807, 2.05) is 6.92 Å². The maximum absolute atomic E-state index is 11.3. The number of hydrogen-bond donors (Lipinski definition) is 5. The highest BCUT2D eigenvalue weighted by Gasteiger charge is 2.18. The number of rotatable bonds is 9. The van der Waals surface area contributed by atoms with Gasteiger partial charge in [0.1, 0.15) is 6.04 Å². The summed E-state index contributed by atoms with van der Waals surface area (Å²) in [5.74, 6) is -1.39. The van der Waals surface area contributed by atoms with Gasteiger partial charge in [-0.3, -0.25) is 4.79 Å². The van der Waals surface area contributed by atoms with Crippen LogP contribution in [0.3, 0.4) is 0 Å². The number of urea groups is 1. The molecule has 8 nitrogen and oxygen atoms in total. The number of aliphatic hydroxyl groups excluding tert-OH is 1. The Morgan fingerprint density at radius 3 is 2.37 bits per heavy atom. The third kappa shape index (κ3) is 8.83. The molecule has 0 rings (SSSR count). The summed E-state index contributed by atoms with van der Waals surface area (Å²) in [6.07, 6.45) is 0.895. The van der Waals surface area contributed by atoms with E-state index in [2.05, 4.69) is 16.0 Å². The van der Waals surface area contributed by atoms with Crippen molar-refractivity contribution in [2.24, 2.45) is 0 Å². The summed E-state index contributed by atoms with van der Waals surface area (Å²) in [4.78, 5) is 33.2. The molecule has 0 spiro atoms. The predicted molar refractivity (Wildman–Crippen MR) is 67.6 cm³/mol. The summed E-state index contributed by atoms with van der Waals surface area (Å²) in [5, 5.41) is 24.6. The first-order valence-corrected chi connectivity index (χ1v) is 6.16. The van der Waals surface area contributed by atoms with E-state index in [1.165, 1.54) is 0 Å². The standard InChI is InChI=1S/C11H21N3O5/c1-2-5-12-9(16)3-6-13-11(19)14-8(4-7-15)10(17)18/h8,15H,2-7H2,1H3,(H,12,16)(H,17,18)(H2,13,14,19)/t8-/m0/s1. The van der Waals surface area contributed by atoms with E-state index >= 15 is 0 Å². The number of carboxylic acids is 1. The van der Waals surface area contributed by atoms with Crippen molar-refractivity contribution in [3.63, 3.8) is 0 Å². The van der Waals surface area contributed by atoms with Crippen LogP contribution in [0.1, 0.15) is 26.2 Å². The Labute approximate surface area is 111 Å². The Bertz CT molecular complexity index is 309. The van der Waals surface area contributed by atoms with Crippen molar-refractivity contribution < 1.29 is 24.6 Å². The van der Waals surface area contributed by atoms with Crippen LogP contribution in [0.4, 0.5) is 4.79 Å². The lowest BCUT2D eigenvalue weighted by Gasteiger charge is -2.13. The van der Waals surface area contributed by atoms with Crippen LogP contribution < -0.4 is 16.0 Å². The lowest BCUT2D eigenvalue weighted by molar-refractivity contribution is -0.139. The van der Waals surface area contributed by atoms with Gasteiger partial charge in [-0.15, -0.1) is 0 Å². The van der Waals surface area contributed by atoms with Gasteiger partial charge in [0.2, 0.25) is 5.91 Å². The fourth-order valence-electron chi connectivity index (χ4n) is 1.24. The van der Waals surface area contributed by atoms with Gasteiger partial charge in [-0.2, -0.15) is 0 Å². The van der Waals surface area contributed by atoms with Gasteiger partial charge in [0.15, 0.2) is 0 Å². The zero-order valence-electron chi connectivity index (χ0n) is 10.9. The van der Waals surface area contributed by atoms with Crippen LogP contribution >= 0.6 is 0 Å². The zero-order valence-corrected chi connectivity index (χ0v) is 10.9. The molecule has 0 saturated carbocycles. The van der Waals surface area contributed by atoms with Gasteiger partial charge in [0, 0.05) is 32.5 Å². The summed E-state index contributed by atoms with van der Waals surface area (Å²) in [5.41, 5.74) is 0. The van der Waals surface area contributed by atoms with Crippen molar-refractivity contribution >= 4 is 17.9 Å². The maximum atomic E-state index is 11.3. The minimum absolute atomic E-state index is 0.0697. The molecule has 0 aromatic rings. The third-order valence-corrected chi connectivity index (χ3v) is 2.23. The van der Waals surface area contributed by atoms with Crippen LogP contribution in [0.15, 0.2) is 0 Å². The van der Waals surface area contributed by atoms with Crippen LogP contribution in [0.2, 0.25) is 0 Å². The molecular formula is C11H21N3O5. The maximum Gasteiger partial charge on any atom is 0.326 e. The number of carbonyl (C=O) groups excluding carboxylic acids is 2. The van der Waals surface area contributed by atoms with Crippen LogP contribution in [-0.4, -0.2) is 53.9 Å². The van der Waals surface area contributed by atoms with Gasteiger partial charge >= 0.3 is 12.0 Å². The molecule has 110 valence electrons. The molecule has 0 unspecified atom stereocenters. The Morgan fingerprint density at radius 2 is 1.84 bits per heavy atom. The number of hydrogen-bond acceptors (Lipinski definition) is 4. The van der Waals surface area contributed by atoms with E-state index < -0.39 is 18.0 Å². The SMILES string of the molecule is CCCNC(=O)CCNC(=O)N[C@@H](CCO)C(=O)O. The topological polar surface area (TPSA) is 128 Å². The second kappa shape index (κ2) is 10.1. The molecule has 0 aromatic carbocycles. The minimum Gasteiger partial charge on any atom is -0.480 e. The van der Waals surface area contributed by atoms with Gasteiger partial charge < -0.3 is 26.2 Å². The van der Waals surface area contributed by atoms with E-state index in [4.69, 9.17) is 10.2 Å². The molecule has 19 heavy (non-hydrogen) atoms. The van der Waals surface area contributed by atoms with Gasteiger partial charge in [-0.25, -0.2) is 9.59 Å². The summed E-state index contributed by atoms with van der Waals surface area (Å²) >= 11 is 0. The normalized spacial score (nSPS) is 11.5. The van der Waals surface area contributed by atoms with Gasteiger partial charge in [-0.05, 0) is 6.42 Å². The number of aliphatic hydroxyl groups is 1. The average Bonchev–Trinajstić information content (AvgIpc) is 2.35. The van der Waals surface area contributed by atoms with Gasteiger partial charge in [0.05, 0.1) is 0 Å². The van der Waals surface area contributed by atoms with Crippen LogP contribution in [0.25, 0.3) is 0 Å². The van der Waals surface area contributed by atoms with Gasteiger partial charge in [0.25, 0.3) is 0 Å². The van der Waals surface area contributed by atoms with Crippen molar-refractivity contribution in [1.29, 1.82) is 0 Å². The summed E-state index contributed by atoms with van der Waals surface area (Å²) < 4.78 is 0. The molecule has 0 aromatic heterocycles. The molecule has 0 aliphatic heterocycles. The first-order chi connectivity index (χ1) is 9.01.